The highest BCUT2D eigenvalue weighted by Gasteiger charge is 2.19. The predicted molar refractivity (Wildman–Crippen MR) is 105 cm³/mol. The number of hydrogen-bond acceptors (Lipinski definition) is 2. The summed E-state index contributed by atoms with van der Waals surface area (Å²) in [4.78, 5) is 26.3. The zero-order valence-corrected chi connectivity index (χ0v) is 14.4. The molecule has 0 aliphatic carbocycles. The maximum Gasteiger partial charge on any atom is 0.255 e. The lowest BCUT2D eigenvalue weighted by molar-refractivity contribution is -0.119. The smallest absolute Gasteiger partial charge is 0.255 e. The zero-order valence-electron chi connectivity index (χ0n) is 14.4. The second-order valence-corrected chi connectivity index (χ2v) is 6.57. The van der Waals surface area contributed by atoms with Crippen LogP contribution in [-0.4, -0.2) is 18.4 Å². The fourth-order valence-corrected chi connectivity index (χ4v) is 3.34. The normalized spacial score (nSPS) is 14.5. The first kappa shape index (κ1) is 16.3. The van der Waals surface area contributed by atoms with Crippen LogP contribution in [0.5, 0.6) is 0 Å². The van der Waals surface area contributed by atoms with Gasteiger partial charge < -0.3 is 10.2 Å². The summed E-state index contributed by atoms with van der Waals surface area (Å²) in [6, 6.07) is 21.1. The van der Waals surface area contributed by atoms with Crippen LogP contribution in [0.2, 0.25) is 0 Å². The number of piperidine rings is 1. The van der Waals surface area contributed by atoms with Crippen molar-refractivity contribution in [3.63, 3.8) is 0 Å². The molecule has 1 N–H and O–H groups in total. The molecule has 0 saturated carbocycles. The van der Waals surface area contributed by atoms with Crippen molar-refractivity contribution in [3.05, 3.63) is 72.3 Å². The number of nitrogens with one attached hydrogen (secondary N) is 1. The molecule has 26 heavy (non-hydrogen) atoms. The van der Waals surface area contributed by atoms with Gasteiger partial charge in [-0.05, 0) is 60.0 Å². The van der Waals surface area contributed by atoms with Crippen LogP contribution < -0.4 is 10.2 Å². The third-order valence-corrected chi connectivity index (χ3v) is 4.77. The van der Waals surface area contributed by atoms with E-state index in [2.05, 4.69) is 5.32 Å². The van der Waals surface area contributed by atoms with Crippen molar-refractivity contribution in [2.24, 2.45) is 0 Å². The lowest BCUT2D eigenvalue weighted by atomic mass is 10.1. The summed E-state index contributed by atoms with van der Waals surface area (Å²) in [5.41, 5.74) is 2.23. The Morgan fingerprint density at radius 2 is 1.65 bits per heavy atom. The van der Waals surface area contributed by atoms with Crippen molar-refractivity contribution in [3.8, 4) is 0 Å². The quantitative estimate of drug-likeness (QED) is 0.754. The summed E-state index contributed by atoms with van der Waals surface area (Å²) in [5, 5.41) is 5.07. The summed E-state index contributed by atoms with van der Waals surface area (Å²) in [7, 11) is 0. The predicted octanol–water partition coefficient (Wildman–Crippen LogP) is 4.61. The molecule has 2 amide bonds. The fraction of sp³-hybridized carbons (Fsp3) is 0.182. The molecular formula is C22H20N2O2. The van der Waals surface area contributed by atoms with Crippen LogP contribution >= 0.6 is 0 Å². The molecule has 0 aromatic heterocycles. The van der Waals surface area contributed by atoms with Crippen LogP contribution in [0.4, 0.5) is 11.4 Å². The van der Waals surface area contributed by atoms with Gasteiger partial charge in [-0.2, -0.15) is 0 Å². The lowest BCUT2D eigenvalue weighted by Crippen LogP contribution is -2.35. The van der Waals surface area contributed by atoms with E-state index in [4.69, 9.17) is 0 Å². The Morgan fingerprint density at radius 3 is 2.42 bits per heavy atom. The molecule has 4 heteroatoms. The van der Waals surface area contributed by atoms with Crippen LogP contribution in [0, 0.1) is 0 Å². The Morgan fingerprint density at radius 1 is 0.885 bits per heavy atom. The van der Waals surface area contributed by atoms with Gasteiger partial charge in [-0.1, -0.05) is 30.3 Å². The van der Waals surface area contributed by atoms with Crippen molar-refractivity contribution in [1.29, 1.82) is 0 Å². The van der Waals surface area contributed by atoms with Crippen LogP contribution in [0.3, 0.4) is 0 Å². The van der Waals surface area contributed by atoms with Gasteiger partial charge in [0.05, 0.1) is 0 Å². The first-order valence-electron chi connectivity index (χ1n) is 8.91. The number of anilines is 2. The van der Waals surface area contributed by atoms with E-state index >= 15 is 0 Å². The van der Waals surface area contributed by atoms with E-state index in [-0.39, 0.29) is 11.8 Å². The minimum atomic E-state index is -0.141. The highest BCUT2D eigenvalue weighted by atomic mass is 16.2. The second-order valence-electron chi connectivity index (χ2n) is 6.57. The van der Waals surface area contributed by atoms with Gasteiger partial charge in [0.15, 0.2) is 0 Å². The van der Waals surface area contributed by atoms with E-state index < -0.39 is 0 Å². The van der Waals surface area contributed by atoms with E-state index in [0.29, 0.717) is 12.0 Å². The molecule has 4 nitrogen and oxygen atoms in total. The highest BCUT2D eigenvalue weighted by molar-refractivity contribution is 6.06. The Kier molecular flexibility index (Phi) is 4.40. The Balaban J connectivity index is 1.49. The molecule has 130 valence electrons. The topological polar surface area (TPSA) is 49.4 Å². The minimum absolute atomic E-state index is 0.141. The molecule has 0 unspecified atom stereocenters. The second kappa shape index (κ2) is 7.00. The molecule has 1 aliphatic rings. The van der Waals surface area contributed by atoms with Gasteiger partial charge in [0.25, 0.3) is 5.91 Å². The van der Waals surface area contributed by atoms with Crippen molar-refractivity contribution < 1.29 is 9.59 Å². The number of carbonyl (C=O) groups is 2. The average molecular weight is 344 g/mol. The van der Waals surface area contributed by atoms with E-state index in [1.165, 1.54) is 0 Å². The van der Waals surface area contributed by atoms with Crippen LogP contribution in [0.25, 0.3) is 10.8 Å². The third kappa shape index (κ3) is 3.31. The van der Waals surface area contributed by atoms with E-state index in [9.17, 15) is 9.59 Å². The zero-order chi connectivity index (χ0) is 17.9. The molecule has 0 radical (unpaired) electrons. The van der Waals surface area contributed by atoms with Crippen molar-refractivity contribution in [1.82, 2.24) is 0 Å². The van der Waals surface area contributed by atoms with E-state index in [1.807, 2.05) is 71.6 Å². The lowest BCUT2D eigenvalue weighted by Gasteiger charge is -2.26. The van der Waals surface area contributed by atoms with Gasteiger partial charge in [0.2, 0.25) is 5.91 Å². The summed E-state index contributed by atoms with van der Waals surface area (Å²) < 4.78 is 0. The maximum absolute atomic E-state index is 12.5. The van der Waals surface area contributed by atoms with Crippen LogP contribution in [0.15, 0.2) is 66.7 Å². The average Bonchev–Trinajstić information content (AvgIpc) is 2.69. The van der Waals surface area contributed by atoms with E-state index in [0.717, 1.165) is 41.5 Å². The van der Waals surface area contributed by atoms with Gasteiger partial charge in [-0.3, -0.25) is 9.59 Å². The van der Waals surface area contributed by atoms with Crippen molar-refractivity contribution in [2.75, 3.05) is 16.8 Å². The maximum atomic E-state index is 12.5. The van der Waals surface area contributed by atoms with Gasteiger partial charge in [0.1, 0.15) is 0 Å². The molecule has 3 aromatic carbocycles. The molecule has 0 atom stereocenters. The molecule has 1 fully saturated rings. The first-order chi connectivity index (χ1) is 12.7. The summed E-state index contributed by atoms with van der Waals surface area (Å²) in [6.45, 7) is 0.766. The third-order valence-electron chi connectivity index (χ3n) is 4.77. The van der Waals surface area contributed by atoms with Crippen molar-refractivity contribution in [2.45, 2.75) is 19.3 Å². The van der Waals surface area contributed by atoms with Gasteiger partial charge in [-0.25, -0.2) is 0 Å². The summed E-state index contributed by atoms with van der Waals surface area (Å²) in [6.07, 6.45) is 2.61. The van der Waals surface area contributed by atoms with Gasteiger partial charge in [0, 0.05) is 29.9 Å². The number of benzene rings is 3. The van der Waals surface area contributed by atoms with Crippen LogP contribution in [0.1, 0.15) is 29.6 Å². The minimum Gasteiger partial charge on any atom is -0.322 e. The first-order valence-corrected chi connectivity index (χ1v) is 8.91. The van der Waals surface area contributed by atoms with Crippen LogP contribution in [-0.2, 0) is 4.79 Å². The molecule has 0 spiro atoms. The van der Waals surface area contributed by atoms with Gasteiger partial charge in [-0.15, -0.1) is 0 Å². The molecule has 3 aromatic rings. The monoisotopic (exact) mass is 344 g/mol. The van der Waals surface area contributed by atoms with Crippen molar-refractivity contribution >= 4 is 34.0 Å². The molecule has 0 bridgehead atoms. The Bertz CT molecular complexity index is 963. The summed E-state index contributed by atoms with van der Waals surface area (Å²) in [5.74, 6) is 0.0294. The number of rotatable bonds is 3. The summed E-state index contributed by atoms with van der Waals surface area (Å²) >= 11 is 0. The molecule has 1 aliphatic heterocycles. The van der Waals surface area contributed by atoms with E-state index in [1.54, 1.807) is 0 Å². The standard InChI is InChI=1S/C22H20N2O2/c25-21-7-3-4-14-24(21)20-12-10-19(11-13-20)23-22(26)18-9-8-16-5-1-2-6-17(16)15-18/h1-2,5-6,8-13,15H,3-4,7,14H2,(H,23,26). The largest absolute Gasteiger partial charge is 0.322 e. The molecule has 1 saturated heterocycles. The number of carbonyl (C=O) groups excluding carboxylic acids is 2. The fourth-order valence-electron chi connectivity index (χ4n) is 3.34. The van der Waals surface area contributed by atoms with Gasteiger partial charge >= 0.3 is 0 Å². The molecule has 1 heterocycles. The Hall–Kier alpha value is -3.14. The molecular weight excluding hydrogens is 324 g/mol. The number of fused-ring (bicyclic) bond motifs is 1. The highest BCUT2D eigenvalue weighted by Crippen LogP contribution is 2.23. The number of nitrogens with zero attached hydrogens (tertiary/aromatic N) is 1. The number of hydrogen-bond donors (Lipinski definition) is 1. The Labute approximate surface area is 152 Å². The SMILES string of the molecule is O=C(Nc1ccc(N2CCCCC2=O)cc1)c1ccc2ccccc2c1. The molecule has 4 rings (SSSR count). The number of amides is 2.